The number of nitrogens with one attached hydrogen (secondary N) is 1. The first kappa shape index (κ1) is 15.9. The SMILES string of the molecule is CCC(O)(CC)CNc1ccc([N+](=O)[O-])c(C(=O)O)c1. The highest BCUT2D eigenvalue weighted by molar-refractivity contribution is 5.93. The average Bonchev–Trinajstić information content (AvgIpc) is 2.44. The van der Waals surface area contributed by atoms with Gasteiger partial charge in [0.25, 0.3) is 5.69 Å². The number of aliphatic hydroxyl groups is 1. The van der Waals surface area contributed by atoms with Crippen LogP contribution in [-0.4, -0.2) is 33.3 Å². The van der Waals surface area contributed by atoms with Gasteiger partial charge in [0, 0.05) is 18.3 Å². The molecule has 0 fully saturated rings. The van der Waals surface area contributed by atoms with Crippen molar-refractivity contribution >= 4 is 17.3 Å². The maximum atomic E-state index is 11.0. The lowest BCUT2D eigenvalue weighted by molar-refractivity contribution is -0.385. The van der Waals surface area contributed by atoms with E-state index < -0.39 is 22.2 Å². The van der Waals surface area contributed by atoms with Gasteiger partial charge < -0.3 is 15.5 Å². The number of nitrogens with zero attached hydrogens (tertiary/aromatic N) is 1. The first-order valence-electron chi connectivity index (χ1n) is 6.31. The van der Waals surface area contributed by atoms with Crippen LogP contribution in [0.2, 0.25) is 0 Å². The minimum Gasteiger partial charge on any atom is -0.477 e. The summed E-state index contributed by atoms with van der Waals surface area (Å²) in [6.07, 6.45) is 1.10. The lowest BCUT2D eigenvalue weighted by Gasteiger charge is -2.26. The molecule has 0 heterocycles. The highest BCUT2D eigenvalue weighted by atomic mass is 16.6. The zero-order valence-electron chi connectivity index (χ0n) is 11.4. The summed E-state index contributed by atoms with van der Waals surface area (Å²) in [4.78, 5) is 21.0. The molecule has 0 aliphatic heterocycles. The molecule has 0 amide bonds. The second-order valence-electron chi connectivity index (χ2n) is 4.58. The number of benzene rings is 1. The maximum absolute atomic E-state index is 11.0. The maximum Gasteiger partial charge on any atom is 0.342 e. The first-order chi connectivity index (χ1) is 9.33. The number of carboxylic acid groups (broad SMARTS) is 1. The summed E-state index contributed by atoms with van der Waals surface area (Å²) < 4.78 is 0. The van der Waals surface area contributed by atoms with Gasteiger partial charge >= 0.3 is 5.97 Å². The summed E-state index contributed by atoms with van der Waals surface area (Å²) in [6.45, 7) is 3.95. The molecule has 7 heteroatoms. The molecule has 0 saturated heterocycles. The largest absolute Gasteiger partial charge is 0.477 e. The standard InChI is InChI=1S/C13H18N2O5/c1-3-13(18,4-2)8-14-9-5-6-11(15(19)20)10(7-9)12(16)17/h5-7,14,18H,3-4,8H2,1-2H3,(H,16,17). The number of carboxylic acids is 1. The molecule has 0 aliphatic rings. The number of rotatable bonds is 7. The van der Waals surface area contributed by atoms with Crippen molar-refractivity contribution in [2.45, 2.75) is 32.3 Å². The van der Waals surface area contributed by atoms with E-state index in [1.807, 2.05) is 13.8 Å². The van der Waals surface area contributed by atoms with Crippen LogP contribution >= 0.6 is 0 Å². The van der Waals surface area contributed by atoms with Crippen LogP contribution in [0, 0.1) is 10.1 Å². The first-order valence-corrected chi connectivity index (χ1v) is 6.31. The number of hydrogen-bond acceptors (Lipinski definition) is 5. The van der Waals surface area contributed by atoms with Crippen molar-refractivity contribution in [3.05, 3.63) is 33.9 Å². The lowest BCUT2D eigenvalue weighted by atomic mass is 9.97. The van der Waals surface area contributed by atoms with Crippen LogP contribution in [0.5, 0.6) is 0 Å². The average molecular weight is 282 g/mol. The second kappa shape index (κ2) is 6.33. The molecule has 110 valence electrons. The molecule has 3 N–H and O–H groups in total. The second-order valence-corrected chi connectivity index (χ2v) is 4.58. The lowest BCUT2D eigenvalue weighted by Crippen LogP contribution is -2.35. The molecule has 0 bridgehead atoms. The number of nitro groups is 1. The van der Waals surface area contributed by atoms with Crippen molar-refractivity contribution in [1.82, 2.24) is 0 Å². The predicted octanol–water partition coefficient (Wildman–Crippen LogP) is 2.26. The van der Waals surface area contributed by atoms with E-state index in [-0.39, 0.29) is 12.1 Å². The third-order valence-corrected chi connectivity index (χ3v) is 3.36. The Balaban J connectivity index is 2.96. The highest BCUT2D eigenvalue weighted by Gasteiger charge is 2.23. The van der Waals surface area contributed by atoms with Gasteiger partial charge in [0.05, 0.1) is 10.5 Å². The molecule has 1 aromatic rings. The molecule has 20 heavy (non-hydrogen) atoms. The predicted molar refractivity (Wildman–Crippen MR) is 74.1 cm³/mol. The Labute approximate surface area is 116 Å². The van der Waals surface area contributed by atoms with E-state index >= 15 is 0 Å². The summed E-state index contributed by atoms with van der Waals surface area (Å²) >= 11 is 0. The topological polar surface area (TPSA) is 113 Å². The van der Waals surface area contributed by atoms with Gasteiger partial charge in [-0.1, -0.05) is 13.8 Å². The van der Waals surface area contributed by atoms with E-state index in [0.717, 1.165) is 6.07 Å². The van der Waals surface area contributed by atoms with Crippen molar-refractivity contribution in [1.29, 1.82) is 0 Å². The van der Waals surface area contributed by atoms with E-state index in [1.165, 1.54) is 12.1 Å². The van der Waals surface area contributed by atoms with Crippen LogP contribution < -0.4 is 5.32 Å². The van der Waals surface area contributed by atoms with Crippen LogP contribution in [0.4, 0.5) is 11.4 Å². The third kappa shape index (κ3) is 3.67. The fourth-order valence-corrected chi connectivity index (χ4v) is 1.74. The summed E-state index contributed by atoms with van der Waals surface area (Å²) in [5.74, 6) is -1.36. The minimum atomic E-state index is -1.36. The Hall–Kier alpha value is -2.15. The van der Waals surface area contributed by atoms with Gasteiger partial charge in [0.1, 0.15) is 5.56 Å². The molecule has 7 nitrogen and oxygen atoms in total. The van der Waals surface area contributed by atoms with Crippen LogP contribution in [0.15, 0.2) is 18.2 Å². The van der Waals surface area contributed by atoms with Crippen LogP contribution in [0.3, 0.4) is 0 Å². The fraction of sp³-hybridized carbons (Fsp3) is 0.462. The Morgan fingerprint density at radius 3 is 2.45 bits per heavy atom. The molecule has 0 aromatic heterocycles. The number of hydrogen-bond donors (Lipinski definition) is 3. The highest BCUT2D eigenvalue weighted by Crippen LogP contribution is 2.24. The van der Waals surface area contributed by atoms with Crippen molar-refractivity contribution in [3.63, 3.8) is 0 Å². The van der Waals surface area contributed by atoms with Gasteiger partial charge in [-0.05, 0) is 25.0 Å². The van der Waals surface area contributed by atoms with Crippen LogP contribution in [-0.2, 0) is 0 Å². The number of anilines is 1. The Bertz CT molecular complexity index is 511. The van der Waals surface area contributed by atoms with E-state index in [2.05, 4.69) is 5.32 Å². The quantitative estimate of drug-likeness (QED) is 0.522. The van der Waals surface area contributed by atoms with Gasteiger partial charge in [0.15, 0.2) is 0 Å². The van der Waals surface area contributed by atoms with Gasteiger partial charge in [0.2, 0.25) is 0 Å². The zero-order chi connectivity index (χ0) is 15.3. The third-order valence-electron chi connectivity index (χ3n) is 3.36. The Kier molecular flexibility index (Phi) is 5.04. The molecule has 0 radical (unpaired) electrons. The number of carbonyl (C=O) groups is 1. The van der Waals surface area contributed by atoms with Crippen molar-refractivity contribution < 1.29 is 19.9 Å². The van der Waals surface area contributed by atoms with E-state index in [9.17, 15) is 20.0 Å². The van der Waals surface area contributed by atoms with Gasteiger partial charge in [-0.2, -0.15) is 0 Å². The summed E-state index contributed by atoms with van der Waals surface area (Å²) in [5, 5.41) is 32.7. The van der Waals surface area contributed by atoms with Gasteiger partial charge in [-0.3, -0.25) is 10.1 Å². The number of aromatic carboxylic acids is 1. The van der Waals surface area contributed by atoms with E-state index in [1.54, 1.807) is 0 Å². The fourth-order valence-electron chi connectivity index (χ4n) is 1.74. The molecule has 1 rings (SSSR count). The minimum absolute atomic E-state index is 0.247. The molecule has 0 saturated carbocycles. The monoisotopic (exact) mass is 282 g/mol. The van der Waals surface area contributed by atoms with Crippen molar-refractivity contribution in [2.75, 3.05) is 11.9 Å². The van der Waals surface area contributed by atoms with E-state index in [0.29, 0.717) is 18.5 Å². The van der Waals surface area contributed by atoms with Gasteiger partial charge in [-0.15, -0.1) is 0 Å². The molecule has 0 aliphatic carbocycles. The van der Waals surface area contributed by atoms with Crippen molar-refractivity contribution in [3.8, 4) is 0 Å². The summed E-state index contributed by atoms with van der Waals surface area (Å²) in [6, 6.07) is 3.77. The molecular formula is C13H18N2O5. The normalized spacial score (nSPS) is 11.2. The van der Waals surface area contributed by atoms with Crippen molar-refractivity contribution in [2.24, 2.45) is 0 Å². The molecule has 0 atom stereocenters. The Morgan fingerprint density at radius 2 is 2.00 bits per heavy atom. The van der Waals surface area contributed by atoms with Gasteiger partial charge in [-0.25, -0.2) is 4.79 Å². The molecule has 1 aromatic carbocycles. The Morgan fingerprint density at radius 1 is 1.40 bits per heavy atom. The smallest absolute Gasteiger partial charge is 0.342 e. The molecular weight excluding hydrogens is 264 g/mol. The molecule has 0 spiro atoms. The zero-order valence-corrected chi connectivity index (χ0v) is 11.4. The van der Waals surface area contributed by atoms with Crippen LogP contribution in [0.25, 0.3) is 0 Å². The summed E-state index contributed by atoms with van der Waals surface area (Å²) in [5.41, 5.74) is -1.29. The van der Waals surface area contributed by atoms with Crippen LogP contribution in [0.1, 0.15) is 37.0 Å². The number of nitro benzene ring substituents is 1. The summed E-state index contributed by atoms with van der Waals surface area (Å²) in [7, 11) is 0. The van der Waals surface area contributed by atoms with E-state index in [4.69, 9.17) is 5.11 Å². The molecule has 0 unspecified atom stereocenters.